The minimum absolute atomic E-state index is 0.0331. The van der Waals surface area contributed by atoms with Crippen molar-refractivity contribution in [3.8, 4) is 11.3 Å². The predicted molar refractivity (Wildman–Crippen MR) is 148 cm³/mol. The number of carbonyl (C=O) groups excluding carboxylic acids is 2. The summed E-state index contributed by atoms with van der Waals surface area (Å²) in [5, 5.41) is 5.56. The third-order valence-electron chi connectivity index (χ3n) is 7.27. The molecule has 0 unspecified atom stereocenters. The van der Waals surface area contributed by atoms with Gasteiger partial charge < -0.3 is 16.4 Å². The fraction of sp³-hybridized carbons (Fsp3) is 0.345. The molecule has 1 aromatic carbocycles. The number of anilines is 2. The van der Waals surface area contributed by atoms with Crippen LogP contribution < -0.4 is 16.4 Å². The molecule has 1 fully saturated rings. The van der Waals surface area contributed by atoms with Gasteiger partial charge in [-0.3, -0.25) is 14.0 Å². The smallest absolute Gasteiger partial charge is 0.382 e. The van der Waals surface area contributed by atoms with Gasteiger partial charge >= 0.3 is 6.18 Å². The summed E-state index contributed by atoms with van der Waals surface area (Å²) in [7, 11) is 0. The standard InChI is InChI=1S/C29H30F3N7O2/c1-16(2)27(40)36-21-5-3-4-19(14-21)26-38-23(24-25(33)35-12-13-39(24)26)17-6-8-18(9-7-17)28(41)37-22-15-20(10-11-34-22)29(30,31)32/h6-13,15-16,19,21H,3-5,14H2,1-2H3,(H2,33,35)(H,36,40)(H,34,37,41)/t19-,21+/m1/s1. The molecule has 1 aliphatic carbocycles. The molecule has 2 atom stereocenters. The number of rotatable bonds is 6. The van der Waals surface area contributed by atoms with Gasteiger partial charge in [0.2, 0.25) is 5.91 Å². The van der Waals surface area contributed by atoms with Gasteiger partial charge in [0.1, 0.15) is 28.7 Å². The minimum atomic E-state index is -4.55. The number of halogens is 3. The van der Waals surface area contributed by atoms with E-state index < -0.39 is 17.6 Å². The number of nitrogens with two attached hydrogens (primary N) is 1. The minimum Gasteiger partial charge on any atom is -0.382 e. The molecule has 0 bridgehead atoms. The Balaban J connectivity index is 1.40. The summed E-state index contributed by atoms with van der Waals surface area (Å²) in [6, 6.07) is 8.22. The van der Waals surface area contributed by atoms with Crippen molar-refractivity contribution in [3.63, 3.8) is 0 Å². The van der Waals surface area contributed by atoms with Crippen molar-refractivity contribution in [1.29, 1.82) is 0 Å². The van der Waals surface area contributed by atoms with Crippen LogP contribution >= 0.6 is 0 Å². The molecular weight excluding hydrogens is 535 g/mol. The van der Waals surface area contributed by atoms with E-state index in [0.29, 0.717) is 22.6 Å². The van der Waals surface area contributed by atoms with Crippen LogP contribution in [0.5, 0.6) is 0 Å². The molecule has 0 radical (unpaired) electrons. The van der Waals surface area contributed by atoms with Crippen LogP contribution in [-0.4, -0.2) is 37.2 Å². The Kier molecular flexibility index (Phi) is 7.65. The molecular formula is C29H30F3N7O2. The van der Waals surface area contributed by atoms with E-state index in [1.54, 1.807) is 30.5 Å². The lowest BCUT2D eigenvalue weighted by Gasteiger charge is -2.29. The second-order valence-corrected chi connectivity index (χ2v) is 10.5. The molecule has 1 aliphatic rings. The van der Waals surface area contributed by atoms with Crippen molar-refractivity contribution in [2.45, 2.75) is 57.7 Å². The van der Waals surface area contributed by atoms with Crippen molar-refractivity contribution in [1.82, 2.24) is 24.7 Å². The van der Waals surface area contributed by atoms with Gasteiger partial charge in [-0.05, 0) is 43.5 Å². The van der Waals surface area contributed by atoms with E-state index in [9.17, 15) is 22.8 Å². The summed E-state index contributed by atoms with van der Waals surface area (Å²) in [5.41, 5.74) is 7.56. The Bertz CT molecular complexity index is 1580. The molecule has 3 aromatic heterocycles. The average Bonchev–Trinajstić information content (AvgIpc) is 3.34. The quantitative estimate of drug-likeness (QED) is 0.286. The molecule has 0 saturated heterocycles. The number of nitrogens with one attached hydrogen (secondary N) is 2. The van der Waals surface area contributed by atoms with Gasteiger partial charge in [0, 0.05) is 47.6 Å². The van der Waals surface area contributed by atoms with Crippen LogP contribution in [0, 0.1) is 5.92 Å². The van der Waals surface area contributed by atoms with Crippen LogP contribution in [0.2, 0.25) is 0 Å². The van der Waals surface area contributed by atoms with Crippen molar-refractivity contribution in [2.75, 3.05) is 11.1 Å². The van der Waals surface area contributed by atoms with Gasteiger partial charge in [0.15, 0.2) is 0 Å². The molecule has 0 spiro atoms. The van der Waals surface area contributed by atoms with E-state index in [-0.39, 0.29) is 35.2 Å². The number of carbonyl (C=O) groups is 2. The lowest BCUT2D eigenvalue weighted by Crippen LogP contribution is -2.40. The Morgan fingerprint density at radius 1 is 1.07 bits per heavy atom. The largest absolute Gasteiger partial charge is 0.416 e. The van der Waals surface area contributed by atoms with Crippen LogP contribution in [0.4, 0.5) is 24.8 Å². The maximum atomic E-state index is 13.0. The molecule has 9 nitrogen and oxygen atoms in total. The maximum absolute atomic E-state index is 13.0. The van der Waals surface area contributed by atoms with Gasteiger partial charge in [-0.1, -0.05) is 32.4 Å². The zero-order valence-corrected chi connectivity index (χ0v) is 22.6. The molecule has 2 amide bonds. The first-order valence-electron chi connectivity index (χ1n) is 13.4. The first-order chi connectivity index (χ1) is 19.5. The van der Waals surface area contributed by atoms with Crippen LogP contribution in [0.25, 0.3) is 16.8 Å². The van der Waals surface area contributed by atoms with E-state index >= 15 is 0 Å². The number of hydrogen-bond acceptors (Lipinski definition) is 6. The molecule has 5 rings (SSSR count). The van der Waals surface area contributed by atoms with Gasteiger partial charge in [-0.25, -0.2) is 15.0 Å². The average molecular weight is 566 g/mol. The second-order valence-electron chi connectivity index (χ2n) is 10.5. The zero-order chi connectivity index (χ0) is 29.3. The van der Waals surface area contributed by atoms with Crippen LogP contribution in [0.1, 0.15) is 67.2 Å². The molecule has 4 N–H and O–H groups in total. The van der Waals surface area contributed by atoms with E-state index in [2.05, 4.69) is 20.6 Å². The number of amides is 2. The fourth-order valence-corrected chi connectivity index (χ4v) is 5.14. The molecule has 0 aliphatic heterocycles. The number of nitrogen functional groups attached to an aromatic ring is 1. The summed E-state index contributed by atoms with van der Waals surface area (Å²) in [5.74, 6) is 0.361. The lowest BCUT2D eigenvalue weighted by molar-refractivity contribution is -0.137. The monoisotopic (exact) mass is 565 g/mol. The normalized spacial score (nSPS) is 17.5. The zero-order valence-electron chi connectivity index (χ0n) is 22.6. The summed E-state index contributed by atoms with van der Waals surface area (Å²) < 4.78 is 41.0. The first kappa shape index (κ1) is 28.1. The first-order valence-corrected chi connectivity index (χ1v) is 13.4. The van der Waals surface area contributed by atoms with Crippen LogP contribution in [0.15, 0.2) is 55.0 Å². The number of imidazole rings is 1. The summed E-state index contributed by atoms with van der Waals surface area (Å²) >= 11 is 0. The van der Waals surface area contributed by atoms with Gasteiger partial charge in [0.05, 0.1) is 5.56 Å². The van der Waals surface area contributed by atoms with Crippen molar-refractivity contribution >= 4 is 29.0 Å². The van der Waals surface area contributed by atoms with Gasteiger partial charge in [-0.2, -0.15) is 13.2 Å². The van der Waals surface area contributed by atoms with E-state index in [4.69, 9.17) is 10.7 Å². The highest BCUT2D eigenvalue weighted by atomic mass is 19.4. The number of fused-ring (bicyclic) bond motifs is 1. The molecule has 41 heavy (non-hydrogen) atoms. The van der Waals surface area contributed by atoms with E-state index in [1.165, 1.54) is 0 Å². The van der Waals surface area contributed by atoms with Crippen molar-refractivity contribution in [2.24, 2.45) is 5.92 Å². The van der Waals surface area contributed by atoms with E-state index in [1.807, 2.05) is 24.4 Å². The third kappa shape index (κ3) is 6.01. The molecule has 3 heterocycles. The van der Waals surface area contributed by atoms with Crippen molar-refractivity contribution < 1.29 is 22.8 Å². The van der Waals surface area contributed by atoms with Gasteiger partial charge in [0.25, 0.3) is 5.91 Å². The highest BCUT2D eigenvalue weighted by Gasteiger charge is 2.31. The second kappa shape index (κ2) is 11.2. The van der Waals surface area contributed by atoms with Crippen LogP contribution in [-0.2, 0) is 11.0 Å². The number of nitrogens with zero attached hydrogens (tertiary/aromatic N) is 4. The number of hydrogen-bond donors (Lipinski definition) is 3. The molecule has 12 heteroatoms. The lowest BCUT2D eigenvalue weighted by atomic mass is 9.85. The molecule has 1 saturated carbocycles. The highest BCUT2D eigenvalue weighted by Crippen LogP contribution is 2.37. The maximum Gasteiger partial charge on any atom is 0.416 e. The van der Waals surface area contributed by atoms with Crippen molar-refractivity contribution in [3.05, 3.63) is 71.9 Å². The number of aromatic nitrogens is 4. The molecule has 4 aromatic rings. The topological polar surface area (TPSA) is 127 Å². The molecule has 214 valence electrons. The number of alkyl halides is 3. The number of benzene rings is 1. The Labute approximate surface area is 234 Å². The van der Waals surface area contributed by atoms with Crippen LogP contribution in [0.3, 0.4) is 0 Å². The Morgan fingerprint density at radius 2 is 1.83 bits per heavy atom. The summed E-state index contributed by atoms with van der Waals surface area (Å²) in [4.78, 5) is 38.1. The summed E-state index contributed by atoms with van der Waals surface area (Å²) in [6.07, 6.45) is 3.41. The Hall–Kier alpha value is -4.48. The van der Waals surface area contributed by atoms with E-state index in [0.717, 1.165) is 49.8 Å². The van der Waals surface area contributed by atoms with Gasteiger partial charge in [-0.15, -0.1) is 0 Å². The highest BCUT2D eigenvalue weighted by molar-refractivity contribution is 6.04. The predicted octanol–water partition coefficient (Wildman–Crippen LogP) is 5.44. The third-order valence-corrected chi connectivity index (χ3v) is 7.27. The SMILES string of the molecule is CC(C)C(=O)N[C@H]1CCC[C@@H](c2nc(-c3ccc(C(=O)Nc4cc(C(F)(F)F)ccn4)cc3)c3c(N)nccn23)C1. The summed E-state index contributed by atoms with van der Waals surface area (Å²) in [6.45, 7) is 3.74. The Morgan fingerprint density at radius 3 is 2.54 bits per heavy atom. The fourth-order valence-electron chi connectivity index (χ4n) is 5.14. The number of pyridine rings is 1.